The van der Waals surface area contributed by atoms with Crippen LogP contribution >= 0.6 is 0 Å². The molecule has 1 N–H and O–H groups in total. The van der Waals surface area contributed by atoms with Gasteiger partial charge in [-0.05, 0) is 30.2 Å². The maximum atomic E-state index is 14.7. The molecule has 0 bridgehead atoms. The van der Waals surface area contributed by atoms with Crippen LogP contribution in [0.3, 0.4) is 0 Å². The topological polar surface area (TPSA) is 97.5 Å². The minimum atomic E-state index is -2.71. The number of carbonyl (C=O) groups is 1. The molecule has 0 saturated carbocycles. The number of piperidine rings is 1. The fraction of sp³-hybridized carbons (Fsp3) is 0.348. The maximum Gasteiger partial charge on any atom is 0.272 e. The third-order valence-electron chi connectivity index (χ3n) is 5.91. The van der Waals surface area contributed by atoms with Gasteiger partial charge in [-0.1, -0.05) is 6.07 Å². The van der Waals surface area contributed by atoms with E-state index in [1.807, 2.05) is 18.2 Å². The van der Waals surface area contributed by atoms with Gasteiger partial charge in [-0.25, -0.2) is 17.7 Å². The Balaban J connectivity index is 0.00000304. The Bertz CT molecular complexity index is 1390. The summed E-state index contributed by atoms with van der Waals surface area (Å²) in [6, 6.07) is 6.61. The molecule has 35 heavy (non-hydrogen) atoms. The summed E-state index contributed by atoms with van der Waals surface area (Å²) < 4.78 is 47.5. The molecule has 1 aromatic carbocycles. The molecule has 1 aliphatic heterocycles. The summed E-state index contributed by atoms with van der Waals surface area (Å²) >= 11 is 0. The molecule has 3 aromatic heterocycles. The van der Waals surface area contributed by atoms with Gasteiger partial charge in [0, 0.05) is 39.0 Å². The Kier molecular flexibility index (Phi) is 6.10. The molecular weight excluding hydrogens is 463 g/mol. The molecule has 1 fully saturated rings. The Morgan fingerprint density at radius 1 is 1.26 bits per heavy atom. The second-order valence-corrected chi connectivity index (χ2v) is 8.25. The normalized spacial score (nSPS) is 18.4. The van der Waals surface area contributed by atoms with Crippen molar-refractivity contribution in [2.24, 2.45) is 0 Å². The number of halogens is 3. The van der Waals surface area contributed by atoms with Crippen molar-refractivity contribution in [3.8, 4) is 17.0 Å². The van der Waals surface area contributed by atoms with Gasteiger partial charge in [-0.3, -0.25) is 14.8 Å². The number of hydrogen-bond donors (Lipinski definition) is 1. The zero-order valence-corrected chi connectivity index (χ0v) is 18.7. The smallest absolute Gasteiger partial charge is 0.272 e. The monoisotopic (exact) mass is 487 g/mol. The molecule has 1 amide bonds. The molecule has 184 valence electrons. The van der Waals surface area contributed by atoms with Crippen LogP contribution in [0.2, 0.25) is 0 Å². The average molecular weight is 487 g/mol. The van der Waals surface area contributed by atoms with Crippen molar-refractivity contribution in [2.75, 3.05) is 25.0 Å². The van der Waals surface area contributed by atoms with E-state index < -0.39 is 25.2 Å². The van der Waals surface area contributed by atoms with E-state index in [1.54, 1.807) is 24.7 Å². The van der Waals surface area contributed by atoms with Crippen LogP contribution in [0.25, 0.3) is 27.7 Å². The number of amides is 1. The number of aromatic nitrogens is 5. The van der Waals surface area contributed by atoms with Crippen molar-refractivity contribution >= 4 is 28.4 Å². The molecule has 0 unspecified atom stereocenters. The number of fused-ring (bicyclic) bond motifs is 2. The van der Waals surface area contributed by atoms with Crippen LogP contribution in [0.4, 0.5) is 19.1 Å². The first-order chi connectivity index (χ1) is 16.9. The van der Waals surface area contributed by atoms with Gasteiger partial charge in [0.25, 0.3) is 6.43 Å². The van der Waals surface area contributed by atoms with E-state index >= 15 is 0 Å². The van der Waals surface area contributed by atoms with Crippen molar-refractivity contribution in [2.45, 2.75) is 32.0 Å². The number of benzene rings is 1. The predicted molar refractivity (Wildman–Crippen MR) is 124 cm³/mol. The second kappa shape index (κ2) is 9.35. The summed E-state index contributed by atoms with van der Waals surface area (Å²) in [6.07, 6.45) is 1.14. The van der Waals surface area contributed by atoms with Gasteiger partial charge in [-0.15, -0.1) is 5.10 Å². The number of nitrogens with zero attached hydrogens (tertiary/aromatic N) is 6. The van der Waals surface area contributed by atoms with Crippen LogP contribution in [0, 0.1) is 0 Å². The highest BCUT2D eigenvalue weighted by Gasteiger charge is 2.31. The van der Waals surface area contributed by atoms with Gasteiger partial charge in [0.15, 0.2) is 6.61 Å². The van der Waals surface area contributed by atoms with E-state index in [1.165, 1.54) is 16.3 Å². The number of rotatable bonds is 6. The summed E-state index contributed by atoms with van der Waals surface area (Å²) in [5.41, 5.74) is 3.19. The highest BCUT2D eigenvalue weighted by molar-refractivity contribution is 5.89. The van der Waals surface area contributed by atoms with E-state index in [4.69, 9.17) is 4.74 Å². The van der Waals surface area contributed by atoms with Crippen molar-refractivity contribution < 1.29 is 24.1 Å². The van der Waals surface area contributed by atoms with Gasteiger partial charge in [0.05, 0.1) is 23.6 Å². The first kappa shape index (κ1) is 22.8. The molecule has 4 aromatic rings. The minimum absolute atomic E-state index is 0. The molecule has 12 heteroatoms. The molecule has 1 saturated heterocycles. The highest BCUT2D eigenvalue weighted by Crippen LogP contribution is 2.33. The van der Waals surface area contributed by atoms with Gasteiger partial charge in [-0.2, -0.15) is 4.98 Å². The Labute approximate surface area is 199 Å². The van der Waals surface area contributed by atoms with Gasteiger partial charge in [0.2, 0.25) is 17.7 Å². The first-order valence-corrected chi connectivity index (χ1v) is 11.1. The lowest BCUT2D eigenvalue weighted by Crippen LogP contribution is -2.49. The lowest BCUT2D eigenvalue weighted by Gasteiger charge is -2.34. The number of alkyl halides is 3. The van der Waals surface area contributed by atoms with Gasteiger partial charge in [0.1, 0.15) is 11.7 Å². The summed E-state index contributed by atoms with van der Waals surface area (Å²) in [5.74, 6) is -0.207. The number of hydrogen-bond acceptors (Lipinski definition) is 7. The second-order valence-electron chi connectivity index (χ2n) is 8.25. The third kappa shape index (κ3) is 4.68. The largest absolute Gasteiger partial charge is 0.470 e. The van der Waals surface area contributed by atoms with Crippen molar-refractivity contribution in [1.29, 1.82) is 0 Å². The predicted octanol–water partition coefficient (Wildman–Crippen LogP) is 3.60. The Hall–Kier alpha value is -3.96. The van der Waals surface area contributed by atoms with Crippen LogP contribution in [0.1, 0.15) is 14.8 Å². The lowest BCUT2D eigenvalue weighted by atomic mass is 10.0. The summed E-state index contributed by atoms with van der Waals surface area (Å²) in [4.78, 5) is 25.9. The fourth-order valence-corrected chi connectivity index (χ4v) is 4.18. The molecule has 2 atom stereocenters. The maximum absolute atomic E-state index is 14.7. The number of carbonyl (C=O) groups excluding carboxylic acids is 1. The molecule has 0 spiro atoms. The number of nitrogens with one attached hydrogen (secondary N) is 1. The van der Waals surface area contributed by atoms with Crippen LogP contribution in [-0.2, 0) is 4.79 Å². The molecule has 0 radical (unpaired) electrons. The molecule has 0 aliphatic carbocycles. The van der Waals surface area contributed by atoms with Crippen LogP contribution in [0.5, 0.6) is 5.88 Å². The number of anilines is 1. The fourth-order valence-electron chi connectivity index (χ4n) is 4.18. The minimum Gasteiger partial charge on any atom is -0.470 e. The standard InChI is InChI=1S/C23H22F3N7O2.H2/c1-13(34)32-8-5-17(16(24)11-32)29-23-30-22(35-12-20(25)26)21-15(4-9-33(21)31-23)14-2-3-18-19(10-14)28-7-6-27-18;/h2-4,6-7,9-10,16-17,20H,5,8,11-12H2,1H3,(H,29,31);1H/t16-,17+;/m1./s1. The van der Waals surface area contributed by atoms with Crippen LogP contribution in [-0.4, -0.2) is 73.7 Å². The third-order valence-corrected chi connectivity index (χ3v) is 5.91. The lowest BCUT2D eigenvalue weighted by molar-refractivity contribution is -0.131. The zero-order valence-electron chi connectivity index (χ0n) is 18.7. The van der Waals surface area contributed by atoms with Crippen molar-refractivity contribution in [3.05, 3.63) is 42.9 Å². The molecule has 5 rings (SSSR count). The van der Waals surface area contributed by atoms with Crippen molar-refractivity contribution in [3.63, 3.8) is 0 Å². The van der Waals surface area contributed by atoms with E-state index in [0.29, 0.717) is 35.1 Å². The Morgan fingerprint density at radius 2 is 2.06 bits per heavy atom. The average Bonchev–Trinajstić information content (AvgIpc) is 3.27. The zero-order chi connectivity index (χ0) is 24.5. The number of ether oxygens (including phenoxy) is 1. The van der Waals surface area contributed by atoms with E-state index in [0.717, 1.165) is 5.56 Å². The van der Waals surface area contributed by atoms with Crippen LogP contribution < -0.4 is 10.1 Å². The van der Waals surface area contributed by atoms with Crippen LogP contribution in [0.15, 0.2) is 42.9 Å². The Morgan fingerprint density at radius 3 is 2.80 bits per heavy atom. The summed E-state index contributed by atoms with van der Waals surface area (Å²) in [7, 11) is 0. The quantitative estimate of drug-likeness (QED) is 0.444. The van der Waals surface area contributed by atoms with E-state index in [-0.39, 0.29) is 25.7 Å². The number of likely N-dealkylation sites (tertiary alicyclic amines) is 1. The highest BCUT2D eigenvalue weighted by atomic mass is 19.3. The van der Waals surface area contributed by atoms with Crippen molar-refractivity contribution in [1.82, 2.24) is 29.5 Å². The van der Waals surface area contributed by atoms with E-state index in [9.17, 15) is 18.0 Å². The molecule has 4 heterocycles. The summed E-state index contributed by atoms with van der Waals surface area (Å²) in [6.45, 7) is 0.893. The first-order valence-electron chi connectivity index (χ1n) is 11.1. The van der Waals surface area contributed by atoms with E-state index in [2.05, 4.69) is 25.4 Å². The molecule has 1 aliphatic rings. The van der Waals surface area contributed by atoms with Gasteiger partial charge < -0.3 is 15.0 Å². The summed E-state index contributed by atoms with van der Waals surface area (Å²) in [5, 5.41) is 7.35. The SMILES string of the molecule is CC(=O)N1CC[C@H](Nc2nc(OCC(F)F)c3c(-c4ccc5nccnc5c4)ccn3n2)[C@H](F)C1.[HH]. The van der Waals surface area contributed by atoms with Gasteiger partial charge >= 0.3 is 0 Å². The molecular formula is C23H24F3N7O2. The molecule has 9 nitrogen and oxygen atoms in total.